The lowest BCUT2D eigenvalue weighted by molar-refractivity contribution is 0.0698. The van der Waals surface area contributed by atoms with Gasteiger partial charge in [0, 0.05) is 11.7 Å². The topological polar surface area (TPSA) is 75.3 Å². The van der Waals surface area contributed by atoms with Crippen molar-refractivity contribution in [2.45, 2.75) is 25.3 Å². The van der Waals surface area contributed by atoms with Crippen molar-refractivity contribution in [3.8, 4) is 0 Å². The molecule has 0 radical (unpaired) electrons. The molecule has 92 valence electrons. The molecular formula is C13H18N2O2. The minimum Gasteiger partial charge on any atom is -0.478 e. The Hall–Kier alpha value is -1.55. The van der Waals surface area contributed by atoms with Gasteiger partial charge in [-0.3, -0.25) is 0 Å². The van der Waals surface area contributed by atoms with Gasteiger partial charge in [0.05, 0.1) is 5.56 Å². The van der Waals surface area contributed by atoms with Crippen LogP contribution in [0.2, 0.25) is 0 Å². The first kappa shape index (κ1) is 11.9. The maximum Gasteiger partial charge on any atom is 0.337 e. The van der Waals surface area contributed by atoms with Crippen LogP contribution in [-0.4, -0.2) is 23.7 Å². The molecule has 17 heavy (non-hydrogen) atoms. The first-order valence-electron chi connectivity index (χ1n) is 6.01. The van der Waals surface area contributed by atoms with Crippen molar-refractivity contribution in [1.29, 1.82) is 0 Å². The number of hydrogen-bond donors (Lipinski definition) is 3. The van der Waals surface area contributed by atoms with E-state index in [4.69, 9.17) is 10.8 Å². The number of aromatic carboxylic acids is 1. The number of nitrogens with one attached hydrogen (secondary N) is 1. The molecule has 0 saturated heterocycles. The average Bonchev–Trinajstić information content (AvgIpc) is 2.77. The summed E-state index contributed by atoms with van der Waals surface area (Å²) in [4.78, 5) is 11.1. The Morgan fingerprint density at radius 1 is 1.41 bits per heavy atom. The third-order valence-electron chi connectivity index (χ3n) is 3.46. The Bertz CT molecular complexity index is 406. The third kappa shape index (κ3) is 2.58. The Balaban J connectivity index is 2.15. The molecule has 1 saturated carbocycles. The summed E-state index contributed by atoms with van der Waals surface area (Å²) in [5.74, 6) is -0.438. The van der Waals surface area contributed by atoms with Crippen molar-refractivity contribution < 1.29 is 9.90 Å². The summed E-state index contributed by atoms with van der Waals surface area (Å²) >= 11 is 0. The van der Waals surface area contributed by atoms with Crippen molar-refractivity contribution in [1.82, 2.24) is 0 Å². The van der Waals surface area contributed by atoms with Crippen LogP contribution in [0.3, 0.4) is 0 Å². The van der Waals surface area contributed by atoms with E-state index in [0.29, 0.717) is 29.8 Å². The summed E-state index contributed by atoms with van der Waals surface area (Å²) < 4.78 is 0. The summed E-state index contributed by atoms with van der Waals surface area (Å²) in [6, 6.07) is 7.33. The summed E-state index contributed by atoms with van der Waals surface area (Å²) in [6.07, 6.45) is 3.36. The Morgan fingerprint density at radius 3 is 2.88 bits per heavy atom. The van der Waals surface area contributed by atoms with Gasteiger partial charge in [0.25, 0.3) is 0 Å². The first-order valence-corrected chi connectivity index (χ1v) is 6.01. The summed E-state index contributed by atoms with van der Waals surface area (Å²) in [7, 11) is 0. The van der Waals surface area contributed by atoms with Crippen molar-refractivity contribution in [2.24, 2.45) is 11.7 Å². The smallest absolute Gasteiger partial charge is 0.337 e. The predicted molar refractivity (Wildman–Crippen MR) is 67.2 cm³/mol. The SMILES string of the molecule is NCC1CCCC1Nc1ccccc1C(=O)O. The molecule has 2 rings (SSSR count). The van der Waals surface area contributed by atoms with Crippen molar-refractivity contribution in [3.05, 3.63) is 29.8 Å². The molecule has 0 aliphatic heterocycles. The minimum absolute atomic E-state index is 0.306. The number of rotatable bonds is 4. The number of carbonyl (C=O) groups is 1. The Labute approximate surface area is 101 Å². The maximum absolute atomic E-state index is 11.1. The Kier molecular flexibility index (Phi) is 3.64. The van der Waals surface area contributed by atoms with E-state index in [1.165, 1.54) is 0 Å². The molecule has 1 aliphatic carbocycles. The number of benzene rings is 1. The zero-order valence-electron chi connectivity index (χ0n) is 9.73. The van der Waals surface area contributed by atoms with Crippen molar-refractivity contribution >= 4 is 11.7 Å². The highest BCUT2D eigenvalue weighted by Gasteiger charge is 2.26. The van der Waals surface area contributed by atoms with Crippen LogP contribution in [0, 0.1) is 5.92 Å². The number of anilines is 1. The number of hydrogen-bond acceptors (Lipinski definition) is 3. The minimum atomic E-state index is -0.893. The lowest BCUT2D eigenvalue weighted by atomic mass is 10.0. The summed E-state index contributed by atoms with van der Waals surface area (Å²) in [5.41, 5.74) is 6.75. The van der Waals surface area contributed by atoms with Gasteiger partial charge in [-0.15, -0.1) is 0 Å². The van der Waals surface area contributed by atoms with E-state index in [2.05, 4.69) is 5.32 Å². The molecule has 0 bridgehead atoms. The van der Waals surface area contributed by atoms with Crippen LogP contribution in [-0.2, 0) is 0 Å². The number of para-hydroxylation sites is 1. The summed E-state index contributed by atoms with van der Waals surface area (Å²) in [6.45, 7) is 0.660. The largest absolute Gasteiger partial charge is 0.478 e. The van der Waals surface area contributed by atoms with Crippen molar-refractivity contribution in [2.75, 3.05) is 11.9 Å². The second kappa shape index (κ2) is 5.19. The Morgan fingerprint density at radius 2 is 2.18 bits per heavy atom. The van der Waals surface area contributed by atoms with Gasteiger partial charge in [0.1, 0.15) is 0 Å². The highest BCUT2D eigenvalue weighted by atomic mass is 16.4. The van der Waals surface area contributed by atoms with Crippen LogP contribution in [0.15, 0.2) is 24.3 Å². The molecule has 0 amide bonds. The molecule has 1 aromatic carbocycles. The van der Waals surface area contributed by atoms with Gasteiger partial charge >= 0.3 is 5.97 Å². The molecule has 4 heteroatoms. The maximum atomic E-state index is 11.1. The normalized spacial score (nSPS) is 23.6. The monoisotopic (exact) mass is 234 g/mol. The number of nitrogens with two attached hydrogens (primary N) is 1. The van der Waals surface area contributed by atoms with Gasteiger partial charge in [-0.05, 0) is 37.4 Å². The van der Waals surface area contributed by atoms with Gasteiger partial charge in [-0.2, -0.15) is 0 Å². The molecule has 0 aromatic heterocycles. The van der Waals surface area contributed by atoms with E-state index in [1.54, 1.807) is 12.1 Å². The fraction of sp³-hybridized carbons (Fsp3) is 0.462. The average molecular weight is 234 g/mol. The fourth-order valence-corrected chi connectivity index (χ4v) is 2.50. The lowest BCUT2D eigenvalue weighted by Gasteiger charge is -2.21. The van der Waals surface area contributed by atoms with E-state index in [1.807, 2.05) is 12.1 Å². The second-order valence-corrected chi connectivity index (χ2v) is 4.53. The highest BCUT2D eigenvalue weighted by molar-refractivity contribution is 5.94. The molecule has 1 aromatic rings. The molecular weight excluding hydrogens is 216 g/mol. The van der Waals surface area contributed by atoms with E-state index in [-0.39, 0.29) is 0 Å². The van der Waals surface area contributed by atoms with Crippen LogP contribution in [0.4, 0.5) is 5.69 Å². The van der Waals surface area contributed by atoms with E-state index < -0.39 is 5.97 Å². The van der Waals surface area contributed by atoms with Crippen LogP contribution >= 0.6 is 0 Å². The molecule has 2 unspecified atom stereocenters. The predicted octanol–water partition coefficient (Wildman–Crippen LogP) is 1.92. The standard InChI is InChI=1S/C13H18N2O2/c14-8-9-4-3-7-11(9)15-12-6-2-1-5-10(12)13(16)17/h1-2,5-6,9,11,15H,3-4,7-8,14H2,(H,16,17). The first-order chi connectivity index (χ1) is 8.22. The van der Waals surface area contributed by atoms with Gasteiger partial charge in [0.15, 0.2) is 0 Å². The second-order valence-electron chi connectivity index (χ2n) is 4.53. The van der Waals surface area contributed by atoms with Crippen LogP contribution in [0.25, 0.3) is 0 Å². The van der Waals surface area contributed by atoms with Gasteiger partial charge < -0.3 is 16.2 Å². The fourth-order valence-electron chi connectivity index (χ4n) is 2.50. The third-order valence-corrected chi connectivity index (χ3v) is 3.46. The highest BCUT2D eigenvalue weighted by Crippen LogP contribution is 2.28. The quantitative estimate of drug-likeness (QED) is 0.744. The zero-order valence-corrected chi connectivity index (χ0v) is 9.73. The van der Waals surface area contributed by atoms with E-state index >= 15 is 0 Å². The van der Waals surface area contributed by atoms with Gasteiger partial charge in [-0.1, -0.05) is 18.6 Å². The number of carboxylic acid groups (broad SMARTS) is 1. The summed E-state index contributed by atoms with van der Waals surface area (Å²) in [5, 5.41) is 12.4. The van der Waals surface area contributed by atoms with Gasteiger partial charge in [-0.25, -0.2) is 4.79 Å². The molecule has 4 N–H and O–H groups in total. The van der Waals surface area contributed by atoms with E-state index in [0.717, 1.165) is 19.3 Å². The van der Waals surface area contributed by atoms with Gasteiger partial charge in [0.2, 0.25) is 0 Å². The lowest BCUT2D eigenvalue weighted by Crippen LogP contribution is -2.30. The molecule has 0 heterocycles. The van der Waals surface area contributed by atoms with Crippen molar-refractivity contribution in [3.63, 3.8) is 0 Å². The molecule has 4 nitrogen and oxygen atoms in total. The van der Waals surface area contributed by atoms with Crippen LogP contribution in [0.1, 0.15) is 29.6 Å². The zero-order chi connectivity index (χ0) is 12.3. The van der Waals surface area contributed by atoms with Crippen LogP contribution < -0.4 is 11.1 Å². The van der Waals surface area contributed by atoms with Crippen LogP contribution in [0.5, 0.6) is 0 Å². The molecule has 1 fully saturated rings. The molecule has 2 atom stereocenters. The molecule has 0 spiro atoms. The van der Waals surface area contributed by atoms with E-state index in [9.17, 15) is 4.79 Å². The molecule has 1 aliphatic rings. The number of carboxylic acids is 1.